The summed E-state index contributed by atoms with van der Waals surface area (Å²) in [5, 5.41) is 11.7. The smallest absolute Gasteiger partial charge is 0.235 e. The topological polar surface area (TPSA) is 54.3 Å². The first-order valence-corrected chi connectivity index (χ1v) is 12.7. The predicted molar refractivity (Wildman–Crippen MR) is 125 cm³/mol. The Labute approximate surface area is 191 Å². The van der Waals surface area contributed by atoms with Gasteiger partial charge in [0.25, 0.3) is 0 Å². The molecule has 1 aromatic carbocycles. The summed E-state index contributed by atoms with van der Waals surface area (Å²) in [6.45, 7) is 6.35. The molecule has 1 aliphatic heterocycles. The number of carbonyl (C=O) groups excluding carboxylic acids is 1. The maximum atomic E-state index is 13.1. The third-order valence-corrected chi connectivity index (χ3v) is 7.79. The SMILES string of the molecule is CC(Sc1nnc(-c2cccs2)n1C1CC1)C(=O)N1CCN(Cc2ccccc2)CC1. The van der Waals surface area contributed by atoms with Crippen molar-refractivity contribution >= 4 is 29.0 Å². The fraction of sp³-hybridized carbons (Fsp3) is 0.435. The van der Waals surface area contributed by atoms with Gasteiger partial charge in [-0.15, -0.1) is 21.5 Å². The lowest BCUT2D eigenvalue weighted by Crippen LogP contribution is -2.50. The van der Waals surface area contributed by atoms with Gasteiger partial charge in [0.05, 0.1) is 10.1 Å². The Balaban J connectivity index is 1.20. The number of amides is 1. The van der Waals surface area contributed by atoms with Crippen molar-refractivity contribution in [3.8, 4) is 10.7 Å². The molecule has 0 spiro atoms. The molecule has 3 aromatic rings. The van der Waals surface area contributed by atoms with Crippen LogP contribution in [0.4, 0.5) is 0 Å². The number of carbonyl (C=O) groups is 1. The van der Waals surface area contributed by atoms with Gasteiger partial charge in [-0.1, -0.05) is 48.2 Å². The molecule has 5 rings (SSSR count). The van der Waals surface area contributed by atoms with E-state index in [4.69, 9.17) is 0 Å². The molecule has 1 saturated carbocycles. The largest absolute Gasteiger partial charge is 0.339 e. The van der Waals surface area contributed by atoms with Crippen LogP contribution in [-0.4, -0.2) is 61.9 Å². The average Bonchev–Trinajstić information content (AvgIpc) is 3.31. The zero-order chi connectivity index (χ0) is 21.2. The second-order valence-corrected chi connectivity index (χ2v) is 10.5. The Morgan fingerprint density at radius 1 is 1.10 bits per heavy atom. The highest BCUT2D eigenvalue weighted by atomic mass is 32.2. The lowest BCUT2D eigenvalue weighted by Gasteiger charge is -2.35. The first kappa shape index (κ1) is 20.7. The summed E-state index contributed by atoms with van der Waals surface area (Å²) < 4.78 is 2.25. The van der Waals surface area contributed by atoms with E-state index >= 15 is 0 Å². The molecule has 2 aromatic heterocycles. The minimum absolute atomic E-state index is 0.168. The fourth-order valence-electron chi connectivity index (χ4n) is 4.03. The molecule has 2 fully saturated rings. The average molecular weight is 454 g/mol. The number of piperazine rings is 1. The number of hydrogen-bond donors (Lipinski definition) is 0. The van der Waals surface area contributed by atoms with E-state index in [0.29, 0.717) is 6.04 Å². The molecule has 1 unspecified atom stereocenters. The summed E-state index contributed by atoms with van der Waals surface area (Å²) in [5.74, 6) is 1.14. The summed E-state index contributed by atoms with van der Waals surface area (Å²) in [6, 6.07) is 15.1. The van der Waals surface area contributed by atoms with Crippen molar-refractivity contribution in [1.82, 2.24) is 24.6 Å². The van der Waals surface area contributed by atoms with Crippen LogP contribution in [-0.2, 0) is 11.3 Å². The molecule has 8 heteroatoms. The van der Waals surface area contributed by atoms with Gasteiger partial charge in [-0.25, -0.2) is 0 Å². The molecule has 0 radical (unpaired) electrons. The van der Waals surface area contributed by atoms with Crippen molar-refractivity contribution in [2.24, 2.45) is 0 Å². The minimum atomic E-state index is -0.168. The number of aromatic nitrogens is 3. The van der Waals surface area contributed by atoms with E-state index in [1.165, 1.54) is 5.56 Å². The minimum Gasteiger partial charge on any atom is -0.339 e. The number of nitrogens with zero attached hydrogens (tertiary/aromatic N) is 5. The molecule has 31 heavy (non-hydrogen) atoms. The monoisotopic (exact) mass is 453 g/mol. The van der Waals surface area contributed by atoms with Crippen molar-refractivity contribution in [1.29, 1.82) is 0 Å². The Bertz CT molecular complexity index is 1010. The van der Waals surface area contributed by atoms with E-state index in [9.17, 15) is 4.79 Å². The second kappa shape index (κ2) is 9.14. The van der Waals surface area contributed by atoms with Gasteiger partial charge >= 0.3 is 0 Å². The zero-order valence-electron chi connectivity index (χ0n) is 17.7. The van der Waals surface area contributed by atoms with Crippen molar-refractivity contribution in [2.45, 2.75) is 42.8 Å². The zero-order valence-corrected chi connectivity index (χ0v) is 19.3. The normalized spacial score (nSPS) is 18.3. The molecule has 2 aliphatic rings. The van der Waals surface area contributed by atoms with Crippen LogP contribution in [0.25, 0.3) is 10.7 Å². The molecule has 1 saturated heterocycles. The maximum Gasteiger partial charge on any atom is 0.235 e. The van der Waals surface area contributed by atoms with Crippen molar-refractivity contribution in [3.63, 3.8) is 0 Å². The van der Waals surface area contributed by atoms with E-state index < -0.39 is 0 Å². The number of rotatable bonds is 7. The Morgan fingerprint density at radius 2 is 1.87 bits per heavy atom. The predicted octanol–water partition coefficient (Wildman–Crippen LogP) is 4.17. The van der Waals surface area contributed by atoms with E-state index in [-0.39, 0.29) is 11.2 Å². The molecule has 162 valence electrons. The first-order chi connectivity index (χ1) is 15.2. The van der Waals surface area contributed by atoms with E-state index in [0.717, 1.165) is 61.4 Å². The molecule has 1 amide bonds. The van der Waals surface area contributed by atoms with Gasteiger partial charge in [0.1, 0.15) is 0 Å². The van der Waals surface area contributed by atoms with Crippen LogP contribution in [0.1, 0.15) is 31.4 Å². The second-order valence-electron chi connectivity index (χ2n) is 8.23. The summed E-state index contributed by atoms with van der Waals surface area (Å²) in [4.78, 5) is 18.7. The van der Waals surface area contributed by atoms with Gasteiger partial charge in [-0.05, 0) is 36.8 Å². The van der Waals surface area contributed by atoms with Gasteiger partial charge < -0.3 is 4.90 Å². The lowest BCUT2D eigenvalue weighted by molar-refractivity contribution is -0.132. The summed E-state index contributed by atoms with van der Waals surface area (Å²) in [7, 11) is 0. The number of thiophene rings is 1. The lowest BCUT2D eigenvalue weighted by atomic mass is 10.2. The van der Waals surface area contributed by atoms with Crippen LogP contribution < -0.4 is 0 Å². The number of hydrogen-bond acceptors (Lipinski definition) is 6. The van der Waals surface area contributed by atoms with Gasteiger partial charge in [-0.3, -0.25) is 14.3 Å². The third kappa shape index (κ3) is 4.71. The standard InChI is InChI=1S/C23H27N5OS2/c1-17(22(29)27-13-11-26(12-14-27)16-18-6-3-2-4-7-18)31-23-25-24-21(20-8-5-15-30-20)28(23)19-9-10-19/h2-8,15,17,19H,9-14,16H2,1H3. The number of benzene rings is 1. The molecular formula is C23H27N5OS2. The highest BCUT2D eigenvalue weighted by molar-refractivity contribution is 8.00. The Kier molecular flexibility index (Phi) is 6.11. The van der Waals surface area contributed by atoms with Crippen molar-refractivity contribution in [3.05, 3.63) is 53.4 Å². The van der Waals surface area contributed by atoms with Crippen LogP contribution in [0, 0.1) is 0 Å². The Hall–Kier alpha value is -2.16. The van der Waals surface area contributed by atoms with E-state index in [1.54, 1.807) is 23.1 Å². The van der Waals surface area contributed by atoms with Crippen LogP contribution in [0.5, 0.6) is 0 Å². The van der Waals surface area contributed by atoms with Crippen molar-refractivity contribution < 1.29 is 4.79 Å². The van der Waals surface area contributed by atoms with Gasteiger partial charge in [0, 0.05) is 38.8 Å². The van der Waals surface area contributed by atoms with Crippen LogP contribution in [0.3, 0.4) is 0 Å². The highest BCUT2D eigenvalue weighted by Gasteiger charge is 2.33. The van der Waals surface area contributed by atoms with Gasteiger partial charge in [-0.2, -0.15) is 0 Å². The van der Waals surface area contributed by atoms with Gasteiger partial charge in [0.15, 0.2) is 11.0 Å². The summed E-state index contributed by atoms with van der Waals surface area (Å²) >= 11 is 3.24. The molecule has 1 atom stereocenters. The van der Waals surface area contributed by atoms with Crippen LogP contribution in [0.2, 0.25) is 0 Å². The molecule has 6 nitrogen and oxygen atoms in total. The van der Waals surface area contributed by atoms with E-state index in [1.807, 2.05) is 24.0 Å². The van der Waals surface area contributed by atoms with Crippen LogP contribution in [0.15, 0.2) is 53.0 Å². The molecule has 0 bridgehead atoms. The molecule has 1 aliphatic carbocycles. The first-order valence-electron chi connectivity index (χ1n) is 10.9. The number of thioether (sulfide) groups is 1. The van der Waals surface area contributed by atoms with Gasteiger partial charge in [0.2, 0.25) is 5.91 Å². The quantitative estimate of drug-likeness (QED) is 0.503. The molecular weight excluding hydrogens is 426 g/mol. The summed E-state index contributed by atoms with van der Waals surface area (Å²) in [6.07, 6.45) is 2.32. The summed E-state index contributed by atoms with van der Waals surface area (Å²) in [5.41, 5.74) is 1.33. The molecule has 0 N–H and O–H groups in total. The van der Waals surface area contributed by atoms with E-state index in [2.05, 4.69) is 55.4 Å². The maximum absolute atomic E-state index is 13.1. The fourth-order valence-corrected chi connectivity index (χ4v) is 5.74. The molecule has 3 heterocycles. The highest BCUT2D eigenvalue weighted by Crippen LogP contribution is 2.42. The third-order valence-electron chi connectivity index (χ3n) is 5.88. The Morgan fingerprint density at radius 3 is 2.55 bits per heavy atom. The van der Waals surface area contributed by atoms with Crippen LogP contribution >= 0.6 is 23.1 Å². The van der Waals surface area contributed by atoms with Crippen molar-refractivity contribution in [2.75, 3.05) is 26.2 Å².